The molecule has 2 aromatic rings. The van der Waals surface area contributed by atoms with Crippen molar-refractivity contribution in [1.82, 2.24) is 9.78 Å². The quantitative estimate of drug-likeness (QED) is 0.852. The van der Waals surface area contributed by atoms with Gasteiger partial charge in [0, 0.05) is 17.7 Å². The summed E-state index contributed by atoms with van der Waals surface area (Å²) >= 11 is 0. The highest BCUT2D eigenvalue weighted by atomic mass is 19.1. The van der Waals surface area contributed by atoms with Crippen LogP contribution in [0.25, 0.3) is 11.3 Å². The molecule has 1 aromatic heterocycles. The van der Waals surface area contributed by atoms with Gasteiger partial charge >= 0.3 is 0 Å². The van der Waals surface area contributed by atoms with E-state index in [4.69, 9.17) is 4.74 Å². The molecule has 0 N–H and O–H groups in total. The third-order valence-electron chi connectivity index (χ3n) is 2.67. The molecule has 0 fully saturated rings. The van der Waals surface area contributed by atoms with Crippen molar-refractivity contribution < 1.29 is 9.13 Å². The summed E-state index contributed by atoms with van der Waals surface area (Å²) in [5.41, 5.74) is 0.727. The van der Waals surface area contributed by atoms with E-state index in [1.807, 2.05) is 13.8 Å². The smallest absolute Gasteiger partial charge is 0.270 e. The molecule has 0 saturated carbocycles. The predicted octanol–water partition coefficient (Wildman–Crippen LogP) is 2.44. The maximum Gasteiger partial charge on any atom is 0.270 e. The van der Waals surface area contributed by atoms with Crippen molar-refractivity contribution in [2.24, 2.45) is 0 Å². The van der Waals surface area contributed by atoms with Crippen molar-refractivity contribution >= 4 is 0 Å². The summed E-state index contributed by atoms with van der Waals surface area (Å²) in [6.07, 6.45) is 0. The molecular weight excluding hydrogens is 247 g/mol. The molecule has 0 spiro atoms. The largest absolute Gasteiger partial charge is 0.494 e. The average molecular weight is 261 g/mol. The van der Waals surface area contributed by atoms with Crippen LogP contribution < -0.4 is 10.3 Å². The fourth-order valence-corrected chi connectivity index (χ4v) is 1.76. The lowest BCUT2D eigenvalue weighted by Crippen LogP contribution is -2.24. The number of hydrogen-bond donors (Lipinski definition) is 0. The van der Waals surface area contributed by atoms with E-state index in [1.54, 1.807) is 6.07 Å². The Bertz CT molecular complexity index is 650. The summed E-state index contributed by atoms with van der Waals surface area (Å²) < 4.78 is 19.7. The Morgan fingerprint density at radius 1 is 1.42 bits per heavy atom. The summed E-state index contributed by atoms with van der Waals surface area (Å²) in [6.45, 7) is 3.70. The number of benzene rings is 1. The van der Waals surface area contributed by atoms with Crippen molar-refractivity contribution in [1.29, 1.82) is 0 Å². The summed E-state index contributed by atoms with van der Waals surface area (Å²) in [6, 6.07) is 8.14. The normalized spacial score (nSPS) is 10.8. The first-order valence-corrected chi connectivity index (χ1v) is 5.88. The van der Waals surface area contributed by atoms with Gasteiger partial charge in [-0.15, -0.1) is 0 Å². The Hall–Kier alpha value is -2.17. The van der Waals surface area contributed by atoms with Crippen LogP contribution in [-0.2, 0) is 0 Å². The molecule has 1 radical (unpaired) electrons. The van der Waals surface area contributed by atoms with Gasteiger partial charge in [0.05, 0.1) is 13.2 Å². The minimum Gasteiger partial charge on any atom is -0.494 e. The molecule has 19 heavy (non-hydrogen) atoms. The van der Waals surface area contributed by atoms with Crippen LogP contribution in [0.5, 0.6) is 5.75 Å². The Balaban J connectivity index is 2.67. The highest BCUT2D eigenvalue weighted by Crippen LogP contribution is 2.26. The molecule has 0 aliphatic carbocycles. The van der Waals surface area contributed by atoms with E-state index in [9.17, 15) is 9.18 Å². The monoisotopic (exact) mass is 261 g/mol. The van der Waals surface area contributed by atoms with Gasteiger partial charge in [0.25, 0.3) is 5.56 Å². The Morgan fingerprint density at radius 2 is 2.16 bits per heavy atom. The Kier molecular flexibility index (Phi) is 3.64. The number of nitrogens with zero attached hydrogens (tertiary/aromatic N) is 2. The topological polar surface area (TPSA) is 44.1 Å². The zero-order chi connectivity index (χ0) is 14.0. The van der Waals surface area contributed by atoms with Gasteiger partial charge in [0.15, 0.2) is 5.75 Å². The third kappa shape index (κ3) is 2.65. The van der Waals surface area contributed by atoms with Gasteiger partial charge in [-0.25, -0.2) is 9.07 Å². The molecule has 4 nitrogen and oxygen atoms in total. The van der Waals surface area contributed by atoms with Gasteiger partial charge in [-0.1, -0.05) is 12.1 Å². The molecule has 0 aliphatic rings. The minimum atomic E-state index is -0.483. The van der Waals surface area contributed by atoms with E-state index in [2.05, 4.69) is 11.2 Å². The number of methoxy groups -OCH3 is 1. The van der Waals surface area contributed by atoms with E-state index in [-0.39, 0.29) is 11.6 Å². The van der Waals surface area contributed by atoms with Crippen LogP contribution in [0.15, 0.2) is 29.1 Å². The molecule has 5 heteroatoms. The fourth-order valence-electron chi connectivity index (χ4n) is 1.76. The second-order valence-electron chi connectivity index (χ2n) is 4.36. The van der Waals surface area contributed by atoms with Crippen molar-refractivity contribution in [2.45, 2.75) is 19.9 Å². The fraction of sp³-hybridized carbons (Fsp3) is 0.286. The van der Waals surface area contributed by atoms with Crippen LogP contribution in [0.1, 0.15) is 19.9 Å². The molecule has 0 saturated heterocycles. The Morgan fingerprint density at radius 3 is 2.74 bits per heavy atom. The molecule has 0 aliphatic heterocycles. The van der Waals surface area contributed by atoms with Gasteiger partial charge in [0.1, 0.15) is 11.5 Å². The highest BCUT2D eigenvalue weighted by Gasteiger charge is 2.13. The summed E-state index contributed by atoms with van der Waals surface area (Å²) in [5, 5.41) is 4.25. The molecule has 0 amide bonds. The van der Waals surface area contributed by atoms with Crippen molar-refractivity contribution in [3.8, 4) is 17.0 Å². The average Bonchev–Trinajstić information content (AvgIpc) is 2.37. The lowest BCUT2D eigenvalue weighted by molar-refractivity contribution is 0.404. The van der Waals surface area contributed by atoms with E-state index >= 15 is 0 Å². The second-order valence-corrected chi connectivity index (χ2v) is 4.36. The van der Waals surface area contributed by atoms with Crippen LogP contribution in [-0.4, -0.2) is 16.9 Å². The van der Waals surface area contributed by atoms with Crippen molar-refractivity contribution in [3.05, 3.63) is 46.5 Å². The molecule has 1 heterocycles. The maximum absolute atomic E-state index is 13.2. The van der Waals surface area contributed by atoms with Crippen LogP contribution in [0.3, 0.4) is 0 Å². The lowest BCUT2D eigenvalue weighted by atomic mass is 10.1. The van der Waals surface area contributed by atoms with E-state index in [0.29, 0.717) is 17.0 Å². The van der Waals surface area contributed by atoms with Crippen molar-refractivity contribution in [3.63, 3.8) is 0 Å². The molecule has 99 valence electrons. The van der Waals surface area contributed by atoms with Gasteiger partial charge in [0.2, 0.25) is 0 Å². The second kappa shape index (κ2) is 5.22. The van der Waals surface area contributed by atoms with Gasteiger partial charge in [-0.3, -0.25) is 4.79 Å². The number of hydrogen-bond acceptors (Lipinski definition) is 3. The van der Waals surface area contributed by atoms with E-state index in [1.165, 1.54) is 30.0 Å². The van der Waals surface area contributed by atoms with Crippen LogP contribution in [0.2, 0.25) is 0 Å². The zero-order valence-electron chi connectivity index (χ0n) is 11.0. The van der Waals surface area contributed by atoms with Gasteiger partial charge in [-0.2, -0.15) is 5.10 Å². The Labute approximate surface area is 110 Å². The van der Waals surface area contributed by atoms with Crippen LogP contribution in [0.4, 0.5) is 4.39 Å². The minimum absolute atomic E-state index is 0.0859. The van der Waals surface area contributed by atoms with E-state index < -0.39 is 5.82 Å². The SMILES string of the molecule is COc1cc(=O)n(C(C)C)nc1-c1cc[c]c(F)c1. The molecule has 1 aromatic carbocycles. The first-order valence-electron chi connectivity index (χ1n) is 5.88. The molecule has 0 bridgehead atoms. The molecule has 0 atom stereocenters. The predicted molar refractivity (Wildman–Crippen MR) is 69.7 cm³/mol. The van der Waals surface area contributed by atoms with Gasteiger partial charge in [-0.05, 0) is 19.9 Å². The lowest BCUT2D eigenvalue weighted by Gasteiger charge is -2.13. The first kappa shape index (κ1) is 13.3. The number of aromatic nitrogens is 2. The zero-order valence-corrected chi connectivity index (χ0v) is 11.0. The molecule has 0 unspecified atom stereocenters. The number of ether oxygens (including phenoxy) is 1. The first-order chi connectivity index (χ1) is 9.02. The highest BCUT2D eigenvalue weighted by molar-refractivity contribution is 5.65. The molecular formula is C14H14FN2O2. The number of halogens is 1. The number of rotatable bonds is 3. The summed E-state index contributed by atoms with van der Waals surface area (Å²) in [5.74, 6) is -0.156. The summed E-state index contributed by atoms with van der Waals surface area (Å²) in [7, 11) is 1.45. The third-order valence-corrected chi connectivity index (χ3v) is 2.67. The van der Waals surface area contributed by atoms with Crippen LogP contribution >= 0.6 is 0 Å². The van der Waals surface area contributed by atoms with E-state index in [0.717, 1.165) is 0 Å². The molecule has 2 rings (SSSR count). The summed E-state index contributed by atoms with van der Waals surface area (Å²) in [4.78, 5) is 11.8. The van der Waals surface area contributed by atoms with Crippen molar-refractivity contribution in [2.75, 3.05) is 7.11 Å². The standard InChI is InChI=1S/C14H14FN2O2/c1-9(2)17-13(18)8-12(19-3)14(16-17)10-5-4-6-11(15)7-10/h4-5,7-9H,1-3H3. The maximum atomic E-state index is 13.2. The van der Waals surface area contributed by atoms with Gasteiger partial charge < -0.3 is 4.74 Å². The van der Waals surface area contributed by atoms with Crippen LogP contribution in [0, 0.1) is 11.9 Å².